The molecule has 0 spiro atoms. The number of piperidine rings is 1. The second-order valence-corrected chi connectivity index (χ2v) is 8.68. The number of carboxylic acid groups (broad SMARTS) is 1. The zero-order chi connectivity index (χ0) is 25.5. The molecule has 0 saturated carbocycles. The number of hydrogen-bond acceptors (Lipinski definition) is 7. The second-order valence-electron chi connectivity index (χ2n) is 8.68. The summed E-state index contributed by atoms with van der Waals surface area (Å²) in [5, 5.41) is 15.3. The highest BCUT2D eigenvalue weighted by molar-refractivity contribution is 5.95. The van der Waals surface area contributed by atoms with Gasteiger partial charge >= 0.3 is 0 Å². The summed E-state index contributed by atoms with van der Waals surface area (Å²) < 4.78 is 9.33. The predicted molar refractivity (Wildman–Crippen MR) is 131 cm³/mol. The number of nitrogens with zero attached hydrogens (tertiary/aromatic N) is 5. The molecule has 5 heterocycles. The molecule has 0 unspecified atom stereocenters. The van der Waals surface area contributed by atoms with Gasteiger partial charge in [0.05, 0.1) is 29.7 Å². The van der Waals surface area contributed by atoms with Crippen LogP contribution in [0.2, 0.25) is 0 Å². The third kappa shape index (κ3) is 5.54. The van der Waals surface area contributed by atoms with E-state index >= 15 is 0 Å². The number of pyridine rings is 2. The van der Waals surface area contributed by atoms with Crippen molar-refractivity contribution >= 4 is 23.7 Å². The molecule has 36 heavy (non-hydrogen) atoms. The van der Waals surface area contributed by atoms with Crippen LogP contribution in [0.1, 0.15) is 41.1 Å². The van der Waals surface area contributed by atoms with Gasteiger partial charge in [-0.3, -0.25) is 9.20 Å². The Bertz CT molecular complexity index is 1300. The van der Waals surface area contributed by atoms with Crippen LogP contribution in [0.4, 0.5) is 5.69 Å². The van der Waals surface area contributed by atoms with Gasteiger partial charge in [-0.25, -0.2) is 9.55 Å². The van der Waals surface area contributed by atoms with Crippen molar-refractivity contribution in [2.75, 3.05) is 24.5 Å². The Morgan fingerprint density at radius 2 is 1.92 bits per heavy atom. The van der Waals surface area contributed by atoms with Crippen LogP contribution >= 0.6 is 0 Å². The highest BCUT2D eigenvalue weighted by Crippen LogP contribution is 2.27. The first-order valence-corrected chi connectivity index (χ1v) is 12.0. The van der Waals surface area contributed by atoms with Gasteiger partial charge in [0.2, 0.25) is 0 Å². The number of carbonyl (C=O) groups excluding carboxylic acids is 2. The lowest BCUT2D eigenvalue weighted by molar-refractivity contribution is -0.694. The largest absolute Gasteiger partial charge is 0.554 e. The fourth-order valence-electron chi connectivity index (χ4n) is 4.52. The molecule has 1 N–H and O–H groups in total. The second kappa shape index (κ2) is 11.5. The summed E-state index contributed by atoms with van der Waals surface area (Å²) in [6.07, 6.45) is 11.7. The normalized spacial score (nSPS) is 13.2. The summed E-state index contributed by atoms with van der Waals surface area (Å²) in [4.78, 5) is 27.9. The highest BCUT2D eigenvalue weighted by atomic mass is 16.5. The molecule has 0 bridgehead atoms. The van der Waals surface area contributed by atoms with Crippen LogP contribution in [0.5, 0.6) is 0 Å². The molecule has 1 aliphatic rings. The molecule has 5 rings (SSSR count). The minimum Gasteiger partial charge on any atom is -0.554 e. The summed E-state index contributed by atoms with van der Waals surface area (Å²) in [7, 11) is 0. The van der Waals surface area contributed by atoms with E-state index in [1.54, 1.807) is 12.3 Å². The van der Waals surface area contributed by atoms with Crippen LogP contribution in [0.25, 0.3) is 16.9 Å². The summed E-state index contributed by atoms with van der Waals surface area (Å²) in [6.45, 7) is 6.84. The molecule has 1 aliphatic heterocycles. The zero-order valence-electron chi connectivity index (χ0n) is 20.5. The van der Waals surface area contributed by atoms with E-state index in [0.29, 0.717) is 24.3 Å². The van der Waals surface area contributed by atoms with Crippen molar-refractivity contribution in [1.29, 1.82) is 0 Å². The maximum Gasteiger partial charge on any atom is 0.251 e. The number of aryl methyl sites for hydroxylation is 2. The lowest BCUT2D eigenvalue weighted by atomic mass is 10.1. The molecule has 0 radical (unpaired) electrons. The van der Waals surface area contributed by atoms with Gasteiger partial charge in [-0.1, -0.05) is 5.16 Å². The average molecular weight is 491 g/mol. The van der Waals surface area contributed by atoms with E-state index in [0.717, 1.165) is 35.8 Å². The molecular weight excluding hydrogens is 460 g/mol. The third-order valence-corrected chi connectivity index (χ3v) is 6.32. The van der Waals surface area contributed by atoms with E-state index in [9.17, 15) is 4.79 Å². The molecule has 4 aromatic rings. The van der Waals surface area contributed by atoms with Gasteiger partial charge in [-0.15, -0.1) is 0 Å². The minimum atomic E-state index is -0.500. The SMILES string of the molecule is Cc1noc(C)c1-c1cnc2cc(C(=O)NCC[n+]3ccc(N4CCCCC4)cc3)ccn12.O=C[O-]. The van der Waals surface area contributed by atoms with Gasteiger partial charge in [0.15, 0.2) is 18.9 Å². The Kier molecular flexibility index (Phi) is 7.94. The fourth-order valence-corrected chi connectivity index (χ4v) is 4.52. The van der Waals surface area contributed by atoms with Crippen molar-refractivity contribution in [3.63, 3.8) is 0 Å². The van der Waals surface area contributed by atoms with Gasteiger partial charge in [0, 0.05) is 49.1 Å². The molecule has 10 heteroatoms. The van der Waals surface area contributed by atoms with Crippen LogP contribution in [0.3, 0.4) is 0 Å². The maximum atomic E-state index is 12.7. The van der Waals surface area contributed by atoms with Crippen molar-refractivity contribution in [2.24, 2.45) is 0 Å². The van der Waals surface area contributed by atoms with Crippen LogP contribution in [-0.2, 0) is 11.3 Å². The molecule has 188 valence electrons. The zero-order valence-corrected chi connectivity index (χ0v) is 20.5. The van der Waals surface area contributed by atoms with Gasteiger partial charge in [0.1, 0.15) is 11.4 Å². The quantitative estimate of drug-likeness (QED) is 0.323. The Labute approximate surface area is 209 Å². The van der Waals surface area contributed by atoms with Crippen molar-refractivity contribution in [2.45, 2.75) is 39.7 Å². The number of imidazole rings is 1. The van der Waals surface area contributed by atoms with E-state index in [-0.39, 0.29) is 5.91 Å². The summed E-state index contributed by atoms with van der Waals surface area (Å²) >= 11 is 0. The summed E-state index contributed by atoms with van der Waals surface area (Å²) in [6, 6.07) is 7.94. The lowest BCUT2D eigenvalue weighted by Crippen LogP contribution is -2.40. The number of nitrogens with one attached hydrogen (secondary N) is 1. The van der Waals surface area contributed by atoms with E-state index in [2.05, 4.69) is 49.5 Å². The monoisotopic (exact) mass is 490 g/mol. The number of fused-ring (bicyclic) bond motifs is 1. The van der Waals surface area contributed by atoms with Crippen LogP contribution in [0, 0.1) is 13.8 Å². The molecule has 1 fully saturated rings. The molecular formula is C26H30N6O4. The van der Waals surface area contributed by atoms with E-state index in [4.69, 9.17) is 14.4 Å². The molecule has 4 aromatic heterocycles. The molecule has 0 aromatic carbocycles. The first-order chi connectivity index (χ1) is 17.5. The lowest BCUT2D eigenvalue weighted by Gasteiger charge is -2.28. The van der Waals surface area contributed by atoms with Gasteiger partial charge in [0.25, 0.3) is 5.91 Å². The van der Waals surface area contributed by atoms with Crippen molar-refractivity contribution in [3.8, 4) is 11.3 Å². The first-order valence-electron chi connectivity index (χ1n) is 12.0. The van der Waals surface area contributed by atoms with Crippen molar-refractivity contribution in [3.05, 3.63) is 66.1 Å². The predicted octanol–water partition coefficient (Wildman–Crippen LogP) is 1.68. The van der Waals surface area contributed by atoms with Crippen molar-refractivity contribution in [1.82, 2.24) is 19.9 Å². The number of anilines is 1. The molecule has 0 atom stereocenters. The maximum absolute atomic E-state index is 12.7. The van der Waals surface area contributed by atoms with Crippen LogP contribution in [-0.4, -0.2) is 46.6 Å². The standard InChI is InChI=1S/C25H28N6O2.CH2O2/c1-18-24(19(2)33-28-18)22-17-27-23-16-20(6-14-31(22)23)25(32)26-9-15-29-12-7-21(8-13-29)30-10-4-3-5-11-30;2-1-3/h6-8,12-14,16-17H,3-5,9-11,15H2,1-2H3;1H,(H,2,3). The number of aromatic nitrogens is 4. The minimum absolute atomic E-state index is 0.107. The number of rotatable bonds is 6. The van der Waals surface area contributed by atoms with Gasteiger partial charge in [-0.05, 0) is 45.2 Å². The molecule has 1 amide bonds. The topological polar surface area (TPSA) is 120 Å². The van der Waals surface area contributed by atoms with Gasteiger partial charge in [-0.2, -0.15) is 0 Å². The molecule has 10 nitrogen and oxygen atoms in total. The number of amides is 1. The number of hydrogen-bond donors (Lipinski definition) is 1. The van der Waals surface area contributed by atoms with Gasteiger partial charge < -0.3 is 24.6 Å². The third-order valence-electron chi connectivity index (χ3n) is 6.32. The smallest absolute Gasteiger partial charge is 0.251 e. The molecule has 0 aliphatic carbocycles. The Hall–Kier alpha value is -4.21. The average Bonchev–Trinajstić information content (AvgIpc) is 3.46. The van der Waals surface area contributed by atoms with Crippen LogP contribution in [0.15, 0.2) is 53.6 Å². The van der Waals surface area contributed by atoms with E-state index in [1.807, 2.05) is 30.5 Å². The van der Waals surface area contributed by atoms with E-state index < -0.39 is 6.47 Å². The summed E-state index contributed by atoms with van der Waals surface area (Å²) in [5.41, 5.74) is 5.22. The van der Waals surface area contributed by atoms with Crippen LogP contribution < -0.4 is 19.9 Å². The summed E-state index contributed by atoms with van der Waals surface area (Å²) in [5.74, 6) is 0.641. The van der Waals surface area contributed by atoms with E-state index in [1.165, 1.54) is 24.9 Å². The number of carbonyl (C=O) groups is 2. The van der Waals surface area contributed by atoms with Crippen molar-refractivity contribution < 1.29 is 23.8 Å². The Morgan fingerprint density at radius 1 is 1.19 bits per heavy atom. The first kappa shape index (κ1) is 24.9. The Balaban J connectivity index is 0.000000967. The molecule has 1 saturated heterocycles. The Morgan fingerprint density at radius 3 is 2.58 bits per heavy atom. The highest BCUT2D eigenvalue weighted by Gasteiger charge is 2.17. The fraction of sp³-hybridized carbons (Fsp3) is 0.346.